The molecule has 0 radical (unpaired) electrons. The number of nitrogens with zero attached hydrogens (tertiary/aromatic N) is 1. The van der Waals surface area contributed by atoms with Gasteiger partial charge in [0.1, 0.15) is 0 Å². The Balaban J connectivity index is 1.62. The SMILES string of the molecule is N#CCc1ccc(NC(=O)CNc2ccccc2-c2ccccc2)cc1. The van der Waals surface area contributed by atoms with Gasteiger partial charge in [-0.3, -0.25) is 4.79 Å². The monoisotopic (exact) mass is 341 g/mol. The van der Waals surface area contributed by atoms with Gasteiger partial charge in [0, 0.05) is 16.9 Å². The van der Waals surface area contributed by atoms with E-state index >= 15 is 0 Å². The van der Waals surface area contributed by atoms with Crippen molar-refractivity contribution in [1.82, 2.24) is 0 Å². The van der Waals surface area contributed by atoms with E-state index in [1.807, 2.05) is 78.9 Å². The van der Waals surface area contributed by atoms with Crippen molar-refractivity contribution >= 4 is 17.3 Å². The smallest absolute Gasteiger partial charge is 0.243 e. The summed E-state index contributed by atoms with van der Waals surface area (Å²) in [4.78, 5) is 12.2. The van der Waals surface area contributed by atoms with Crippen LogP contribution in [0, 0.1) is 11.3 Å². The first kappa shape index (κ1) is 17.2. The highest BCUT2D eigenvalue weighted by molar-refractivity contribution is 5.94. The molecule has 0 spiro atoms. The van der Waals surface area contributed by atoms with Crippen LogP contribution < -0.4 is 10.6 Å². The van der Waals surface area contributed by atoms with Gasteiger partial charge in [-0.05, 0) is 29.3 Å². The predicted molar refractivity (Wildman–Crippen MR) is 105 cm³/mol. The third kappa shape index (κ3) is 4.49. The molecule has 0 aliphatic carbocycles. The predicted octanol–water partition coefficient (Wildman–Crippen LogP) is 4.47. The van der Waals surface area contributed by atoms with Crippen LogP contribution in [0.4, 0.5) is 11.4 Å². The van der Waals surface area contributed by atoms with Crippen molar-refractivity contribution in [3.8, 4) is 17.2 Å². The second-order valence-corrected chi connectivity index (χ2v) is 5.85. The van der Waals surface area contributed by atoms with E-state index in [1.54, 1.807) is 0 Å². The van der Waals surface area contributed by atoms with E-state index in [2.05, 4.69) is 16.7 Å². The minimum absolute atomic E-state index is 0.124. The van der Waals surface area contributed by atoms with E-state index in [0.717, 1.165) is 28.1 Å². The van der Waals surface area contributed by atoms with E-state index in [4.69, 9.17) is 5.26 Å². The number of benzene rings is 3. The number of amides is 1. The van der Waals surface area contributed by atoms with Crippen LogP contribution in [-0.4, -0.2) is 12.5 Å². The molecule has 0 aliphatic rings. The number of hydrogen-bond donors (Lipinski definition) is 2. The quantitative estimate of drug-likeness (QED) is 0.695. The lowest BCUT2D eigenvalue weighted by Gasteiger charge is -2.12. The molecule has 128 valence electrons. The lowest BCUT2D eigenvalue weighted by atomic mass is 10.0. The van der Waals surface area contributed by atoms with E-state index in [-0.39, 0.29) is 12.5 Å². The fraction of sp³-hybridized carbons (Fsp3) is 0.0909. The highest BCUT2D eigenvalue weighted by atomic mass is 16.1. The second-order valence-electron chi connectivity index (χ2n) is 5.85. The number of nitriles is 1. The van der Waals surface area contributed by atoms with Gasteiger partial charge in [-0.2, -0.15) is 5.26 Å². The van der Waals surface area contributed by atoms with Crippen LogP contribution in [-0.2, 0) is 11.2 Å². The Morgan fingerprint density at radius 3 is 2.31 bits per heavy atom. The average Bonchev–Trinajstić information content (AvgIpc) is 2.69. The molecule has 1 amide bonds. The number of carbonyl (C=O) groups excluding carboxylic acids is 1. The topological polar surface area (TPSA) is 64.9 Å². The minimum atomic E-state index is -0.124. The molecule has 4 heteroatoms. The third-order valence-corrected chi connectivity index (χ3v) is 3.97. The summed E-state index contributed by atoms with van der Waals surface area (Å²) in [6, 6.07) is 27.4. The maximum absolute atomic E-state index is 12.2. The van der Waals surface area contributed by atoms with Gasteiger partial charge in [0.2, 0.25) is 5.91 Å². The van der Waals surface area contributed by atoms with Crippen molar-refractivity contribution in [3.63, 3.8) is 0 Å². The molecular formula is C22H19N3O. The first-order chi connectivity index (χ1) is 12.8. The molecule has 3 rings (SSSR count). The molecule has 0 aromatic heterocycles. The molecule has 26 heavy (non-hydrogen) atoms. The van der Waals surface area contributed by atoms with Crippen molar-refractivity contribution in [2.24, 2.45) is 0 Å². The molecule has 0 unspecified atom stereocenters. The van der Waals surface area contributed by atoms with Gasteiger partial charge >= 0.3 is 0 Å². The Bertz CT molecular complexity index is 912. The van der Waals surface area contributed by atoms with Crippen molar-refractivity contribution in [2.45, 2.75) is 6.42 Å². The molecular weight excluding hydrogens is 322 g/mol. The van der Waals surface area contributed by atoms with E-state index in [0.29, 0.717) is 6.42 Å². The number of anilines is 2. The van der Waals surface area contributed by atoms with Gasteiger partial charge in [-0.1, -0.05) is 60.7 Å². The maximum Gasteiger partial charge on any atom is 0.243 e. The molecule has 3 aromatic rings. The second kappa shape index (κ2) is 8.50. The summed E-state index contributed by atoms with van der Waals surface area (Å²) in [6.45, 7) is 0.170. The van der Waals surface area contributed by atoms with Crippen LogP contribution in [0.2, 0.25) is 0 Å². The van der Waals surface area contributed by atoms with Gasteiger partial charge in [-0.15, -0.1) is 0 Å². The molecule has 0 bridgehead atoms. The van der Waals surface area contributed by atoms with Crippen LogP contribution in [0.25, 0.3) is 11.1 Å². The van der Waals surface area contributed by atoms with Gasteiger partial charge in [-0.25, -0.2) is 0 Å². The van der Waals surface area contributed by atoms with Gasteiger partial charge in [0.05, 0.1) is 19.0 Å². The Morgan fingerprint density at radius 2 is 1.58 bits per heavy atom. The molecule has 2 N–H and O–H groups in total. The molecule has 0 heterocycles. The number of para-hydroxylation sites is 1. The summed E-state index contributed by atoms with van der Waals surface area (Å²) in [5.74, 6) is -0.124. The summed E-state index contributed by atoms with van der Waals surface area (Å²) >= 11 is 0. The number of hydrogen-bond acceptors (Lipinski definition) is 3. The normalized spacial score (nSPS) is 9.96. The fourth-order valence-electron chi connectivity index (χ4n) is 2.68. The maximum atomic E-state index is 12.2. The minimum Gasteiger partial charge on any atom is -0.376 e. The van der Waals surface area contributed by atoms with E-state index in [9.17, 15) is 4.79 Å². The van der Waals surface area contributed by atoms with Crippen molar-refractivity contribution in [2.75, 3.05) is 17.2 Å². The first-order valence-corrected chi connectivity index (χ1v) is 8.40. The Hall–Kier alpha value is -3.58. The van der Waals surface area contributed by atoms with Crippen LogP contribution in [0.5, 0.6) is 0 Å². The lowest BCUT2D eigenvalue weighted by molar-refractivity contribution is -0.114. The van der Waals surface area contributed by atoms with Crippen molar-refractivity contribution < 1.29 is 4.79 Å². The van der Waals surface area contributed by atoms with Gasteiger partial charge < -0.3 is 10.6 Å². The zero-order valence-corrected chi connectivity index (χ0v) is 14.3. The van der Waals surface area contributed by atoms with Crippen molar-refractivity contribution in [3.05, 3.63) is 84.4 Å². The molecule has 0 fully saturated rings. The van der Waals surface area contributed by atoms with Crippen LogP contribution >= 0.6 is 0 Å². The third-order valence-electron chi connectivity index (χ3n) is 3.97. The number of nitrogens with one attached hydrogen (secondary N) is 2. The summed E-state index contributed by atoms with van der Waals surface area (Å²) < 4.78 is 0. The summed E-state index contributed by atoms with van der Waals surface area (Å²) in [5.41, 5.74) is 4.72. The highest BCUT2D eigenvalue weighted by Crippen LogP contribution is 2.27. The average molecular weight is 341 g/mol. The zero-order valence-electron chi connectivity index (χ0n) is 14.3. The van der Waals surface area contributed by atoms with Gasteiger partial charge in [0.15, 0.2) is 0 Å². The zero-order chi connectivity index (χ0) is 18.2. The lowest BCUT2D eigenvalue weighted by Crippen LogP contribution is -2.21. The first-order valence-electron chi connectivity index (χ1n) is 8.40. The Kier molecular flexibility index (Phi) is 5.64. The molecule has 0 atom stereocenters. The van der Waals surface area contributed by atoms with E-state index < -0.39 is 0 Å². The molecule has 4 nitrogen and oxygen atoms in total. The van der Waals surface area contributed by atoms with E-state index in [1.165, 1.54) is 0 Å². The number of carbonyl (C=O) groups is 1. The standard InChI is InChI=1S/C22H19N3O/c23-15-14-17-10-12-19(13-11-17)25-22(26)16-24-21-9-5-4-8-20(21)18-6-2-1-3-7-18/h1-13,24H,14,16H2,(H,25,26). The van der Waals surface area contributed by atoms with Crippen LogP contribution in [0.3, 0.4) is 0 Å². The molecule has 0 saturated heterocycles. The number of rotatable bonds is 6. The largest absolute Gasteiger partial charge is 0.376 e. The molecule has 0 aliphatic heterocycles. The fourth-order valence-corrected chi connectivity index (χ4v) is 2.68. The Morgan fingerprint density at radius 1 is 0.885 bits per heavy atom. The molecule has 0 saturated carbocycles. The highest BCUT2D eigenvalue weighted by Gasteiger charge is 2.07. The van der Waals surface area contributed by atoms with Crippen molar-refractivity contribution in [1.29, 1.82) is 5.26 Å². The molecule has 3 aromatic carbocycles. The van der Waals surface area contributed by atoms with Crippen LogP contribution in [0.1, 0.15) is 5.56 Å². The Labute approximate surface area is 153 Å². The van der Waals surface area contributed by atoms with Crippen LogP contribution in [0.15, 0.2) is 78.9 Å². The summed E-state index contributed by atoms with van der Waals surface area (Å²) in [6.07, 6.45) is 0.367. The van der Waals surface area contributed by atoms with Gasteiger partial charge in [0.25, 0.3) is 0 Å². The summed E-state index contributed by atoms with van der Waals surface area (Å²) in [5, 5.41) is 14.8. The summed E-state index contributed by atoms with van der Waals surface area (Å²) in [7, 11) is 0.